The van der Waals surface area contributed by atoms with Crippen LogP contribution in [-0.2, 0) is 12.8 Å². The topological polar surface area (TPSA) is 47.6 Å². The highest BCUT2D eigenvalue weighted by molar-refractivity contribution is 5.94. The third kappa shape index (κ3) is 5.38. The van der Waals surface area contributed by atoms with Crippen LogP contribution in [0.5, 0.6) is 11.5 Å². The number of nitrogens with one attached hydrogen (secondary N) is 1. The van der Waals surface area contributed by atoms with Crippen molar-refractivity contribution in [1.29, 1.82) is 0 Å². The fraction of sp³-hybridized carbons (Fsp3) is 0.286. The first-order valence-corrected chi connectivity index (χ1v) is 8.37. The zero-order valence-corrected chi connectivity index (χ0v) is 14.9. The lowest BCUT2D eigenvalue weighted by Crippen LogP contribution is -2.24. The van der Waals surface area contributed by atoms with Crippen LogP contribution < -0.4 is 14.8 Å². The Morgan fingerprint density at radius 3 is 2.52 bits per heavy atom. The molecule has 0 bridgehead atoms. The molecule has 4 nitrogen and oxygen atoms in total. The molecule has 0 radical (unpaired) electrons. The van der Waals surface area contributed by atoms with Crippen LogP contribution in [0.3, 0.4) is 0 Å². The summed E-state index contributed by atoms with van der Waals surface area (Å²) in [5, 5.41) is 2.97. The second kappa shape index (κ2) is 9.52. The van der Waals surface area contributed by atoms with E-state index in [0.717, 1.165) is 29.9 Å². The van der Waals surface area contributed by atoms with Crippen molar-refractivity contribution >= 4 is 5.91 Å². The van der Waals surface area contributed by atoms with E-state index >= 15 is 0 Å². The Hall–Kier alpha value is -2.75. The quantitative estimate of drug-likeness (QED) is 0.558. The normalized spacial score (nSPS) is 10.2. The van der Waals surface area contributed by atoms with Crippen LogP contribution in [0.1, 0.15) is 27.9 Å². The second-order valence-corrected chi connectivity index (χ2v) is 5.73. The van der Waals surface area contributed by atoms with Gasteiger partial charge in [-0.25, -0.2) is 0 Å². The Labute approximate surface area is 149 Å². The van der Waals surface area contributed by atoms with Gasteiger partial charge in [-0.05, 0) is 60.7 Å². The van der Waals surface area contributed by atoms with E-state index in [9.17, 15) is 4.79 Å². The second-order valence-electron chi connectivity index (χ2n) is 5.73. The van der Waals surface area contributed by atoms with Gasteiger partial charge in [-0.1, -0.05) is 18.2 Å². The van der Waals surface area contributed by atoms with E-state index in [0.29, 0.717) is 18.5 Å². The smallest absolute Gasteiger partial charge is 0.251 e. The van der Waals surface area contributed by atoms with Crippen LogP contribution in [0.4, 0.5) is 0 Å². The third-order valence-electron chi connectivity index (χ3n) is 3.99. The van der Waals surface area contributed by atoms with Gasteiger partial charge in [0.05, 0.1) is 14.2 Å². The molecule has 0 aliphatic carbocycles. The minimum absolute atomic E-state index is 0.0669. The molecule has 2 aromatic rings. The molecule has 0 spiro atoms. The highest BCUT2D eigenvalue weighted by Gasteiger charge is 2.09. The monoisotopic (exact) mass is 339 g/mol. The van der Waals surface area contributed by atoms with Gasteiger partial charge in [0.15, 0.2) is 0 Å². The van der Waals surface area contributed by atoms with Gasteiger partial charge in [0, 0.05) is 12.1 Å². The summed E-state index contributed by atoms with van der Waals surface area (Å²) in [6.07, 6.45) is 4.26. The first-order chi connectivity index (χ1) is 12.2. The first kappa shape index (κ1) is 18.6. The van der Waals surface area contributed by atoms with Crippen LogP contribution in [0.2, 0.25) is 0 Å². The predicted molar refractivity (Wildman–Crippen MR) is 101 cm³/mol. The molecule has 0 aliphatic heterocycles. The highest BCUT2D eigenvalue weighted by atomic mass is 16.5. The molecule has 0 atom stereocenters. The van der Waals surface area contributed by atoms with E-state index in [1.807, 2.05) is 36.4 Å². The van der Waals surface area contributed by atoms with Gasteiger partial charge in [0.2, 0.25) is 0 Å². The van der Waals surface area contributed by atoms with Gasteiger partial charge >= 0.3 is 0 Å². The number of amides is 1. The number of hydrogen-bond donors (Lipinski definition) is 1. The number of carbonyl (C=O) groups is 1. The summed E-state index contributed by atoms with van der Waals surface area (Å²) in [6.45, 7) is 4.37. The zero-order valence-electron chi connectivity index (χ0n) is 14.9. The van der Waals surface area contributed by atoms with E-state index in [-0.39, 0.29) is 5.91 Å². The average Bonchev–Trinajstić information content (AvgIpc) is 2.65. The van der Waals surface area contributed by atoms with E-state index in [1.165, 1.54) is 5.56 Å². The lowest BCUT2D eigenvalue weighted by atomic mass is 10.1. The molecule has 2 aromatic carbocycles. The maximum absolute atomic E-state index is 12.3. The maximum Gasteiger partial charge on any atom is 0.251 e. The SMILES string of the molecule is C=CCc1cc(C(=O)NCCCc2ccc(OC)cc2)ccc1OC. The molecule has 0 saturated heterocycles. The van der Waals surface area contributed by atoms with Crippen molar-refractivity contribution in [3.8, 4) is 11.5 Å². The minimum Gasteiger partial charge on any atom is -0.497 e. The summed E-state index contributed by atoms with van der Waals surface area (Å²) in [6, 6.07) is 13.5. The number of allylic oxidation sites excluding steroid dienone is 1. The molecule has 0 aliphatic rings. The number of benzene rings is 2. The first-order valence-electron chi connectivity index (χ1n) is 8.37. The van der Waals surface area contributed by atoms with Gasteiger partial charge in [-0.15, -0.1) is 6.58 Å². The zero-order chi connectivity index (χ0) is 18.1. The summed E-state index contributed by atoms with van der Waals surface area (Å²) < 4.78 is 10.5. The van der Waals surface area contributed by atoms with Crippen LogP contribution >= 0.6 is 0 Å². The number of rotatable bonds is 9. The molecule has 0 heterocycles. The Bertz CT molecular complexity index is 708. The summed E-state index contributed by atoms with van der Waals surface area (Å²) in [4.78, 5) is 12.3. The molecule has 1 N–H and O–H groups in total. The molecular weight excluding hydrogens is 314 g/mol. The largest absolute Gasteiger partial charge is 0.497 e. The van der Waals surface area contributed by atoms with Crippen molar-refractivity contribution < 1.29 is 14.3 Å². The summed E-state index contributed by atoms with van der Waals surface area (Å²) in [5.41, 5.74) is 2.83. The van der Waals surface area contributed by atoms with Crippen molar-refractivity contribution in [2.24, 2.45) is 0 Å². The molecule has 25 heavy (non-hydrogen) atoms. The highest BCUT2D eigenvalue weighted by Crippen LogP contribution is 2.20. The number of carbonyl (C=O) groups excluding carboxylic acids is 1. The van der Waals surface area contributed by atoms with E-state index < -0.39 is 0 Å². The number of hydrogen-bond acceptors (Lipinski definition) is 3. The molecule has 0 unspecified atom stereocenters. The Morgan fingerprint density at radius 1 is 1.12 bits per heavy atom. The standard InChI is InChI=1S/C21H25NO3/c1-4-6-17-15-18(10-13-20(17)25-3)21(23)22-14-5-7-16-8-11-19(24-2)12-9-16/h4,8-13,15H,1,5-7,14H2,2-3H3,(H,22,23). The summed E-state index contributed by atoms with van der Waals surface area (Å²) in [5.74, 6) is 1.56. The maximum atomic E-state index is 12.3. The van der Waals surface area contributed by atoms with Crippen molar-refractivity contribution in [2.45, 2.75) is 19.3 Å². The van der Waals surface area contributed by atoms with Crippen molar-refractivity contribution in [3.05, 3.63) is 71.8 Å². The molecule has 1 amide bonds. The molecule has 0 aromatic heterocycles. The predicted octanol–water partition coefficient (Wildman–Crippen LogP) is 3.79. The molecule has 132 valence electrons. The Kier molecular flexibility index (Phi) is 7.08. The van der Waals surface area contributed by atoms with E-state index in [4.69, 9.17) is 9.47 Å². The van der Waals surface area contributed by atoms with Gasteiger partial charge < -0.3 is 14.8 Å². The van der Waals surface area contributed by atoms with Gasteiger partial charge in [0.25, 0.3) is 5.91 Å². The lowest BCUT2D eigenvalue weighted by molar-refractivity contribution is 0.0953. The average molecular weight is 339 g/mol. The number of methoxy groups -OCH3 is 2. The van der Waals surface area contributed by atoms with Crippen LogP contribution in [0.25, 0.3) is 0 Å². The third-order valence-corrected chi connectivity index (χ3v) is 3.99. The van der Waals surface area contributed by atoms with Gasteiger partial charge in [0.1, 0.15) is 11.5 Å². The number of ether oxygens (including phenoxy) is 2. The van der Waals surface area contributed by atoms with Crippen molar-refractivity contribution in [1.82, 2.24) is 5.32 Å². The van der Waals surface area contributed by atoms with Gasteiger partial charge in [-0.2, -0.15) is 0 Å². The summed E-state index contributed by atoms with van der Waals surface area (Å²) in [7, 11) is 3.28. The van der Waals surface area contributed by atoms with Crippen molar-refractivity contribution in [3.63, 3.8) is 0 Å². The lowest BCUT2D eigenvalue weighted by Gasteiger charge is -2.10. The molecular formula is C21H25NO3. The Balaban J connectivity index is 1.85. The summed E-state index contributed by atoms with van der Waals surface area (Å²) >= 11 is 0. The molecule has 4 heteroatoms. The van der Waals surface area contributed by atoms with Crippen LogP contribution in [-0.4, -0.2) is 26.7 Å². The minimum atomic E-state index is -0.0669. The van der Waals surface area contributed by atoms with E-state index in [1.54, 1.807) is 26.4 Å². The molecule has 2 rings (SSSR count). The number of aryl methyl sites for hydroxylation is 1. The fourth-order valence-electron chi connectivity index (χ4n) is 2.62. The molecule has 0 fully saturated rings. The van der Waals surface area contributed by atoms with Crippen LogP contribution in [0, 0.1) is 0 Å². The van der Waals surface area contributed by atoms with E-state index in [2.05, 4.69) is 11.9 Å². The fourth-order valence-corrected chi connectivity index (χ4v) is 2.62. The molecule has 0 saturated carbocycles. The Morgan fingerprint density at radius 2 is 1.88 bits per heavy atom. The van der Waals surface area contributed by atoms with Gasteiger partial charge in [-0.3, -0.25) is 4.79 Å². The van der Waals surface area contributed by atoms with Crippen LogP contribution in [0.15, 0.2) is 55.1 Å². The van der Waals surface area contributed by atoms with Crippen molar-refractivity contribution in [2.75, 3.05) is 20.8 Å².